The zero-order valence-electron chi connectivity index (χ0n) is 25.0. The maximum atomic E-state index is 15.0. The van der Waals surface area contributed by atoms with Crippen LogP contribution < -0.4 is 10.6 Å². The molecule has 0 bridgehead atoms. The molecule has 11 nitrogen and oxygen atoms in total. The van der Waals surface area contributed by atoms with Crippen LogP contribution in [0, 0.1) is 18.6 Å². The summed E-state index contributed by atoms with van der Waals surface area (Å²) in [5, 5.41) is 5.50. The summed E-state index contributed by atoms with van der Waals surface area (Å²) < 4.78 is 37.0. The van der Waals surface area contributed by atoms with E-state index in [0.717, 1.165) is 17.5 Å². The zero-order chi connectivity index (χ0) is 31.1. The van der Waals surface area contributed by atoms with Crippen LogP contribution in [0.1, 0.15) is 57.7 Å². The van der Waals surface area contributed by atoms with Gasteiger partial charge in [0.05, 0.1) is 11.7 Å². The molecule has 1 aliphatic heterocycles. The normalized spacial score (nSPS) is 13.3. The van der Waals surface area contributed by atoms with Crippen molar-refractivity contribution in [1.82, 2.24) is 34.7 Å². The van der Waals surface area contributed by atoms with Gasteiger partial charge in [0.25, 0.3) is 0 Å². The summed E-state index contributed by atoms with van der Waals surface area (Å²) in [4.78, 5) is 43.6. The summed E-state index contributed by atoms with van der Waals surface area (Å²) >= 11 is 0. The molecule has 1 aliphatic rings. The van der Waals surface area contributed by atoms with Gasteiger partial charge in [-0.25, -0.2) is 33.5 Å². The lowest BCUT2D eigenvalue weighted by Gasteiger charge is -2.29. The Morgan fingerprint density at radius 2 is 1.86 bits per heavy atom. The molecule has 13 heteroatoms. The number of ether oxygens (including phenoxy) is 1. The fraction of sp³-hybridized carbons (Fsp3) is 0.400. The predicted octanol–water partition coefficient (Wildman–Crippen LogP) is 5.21. The van der Waals surface area contributed by atoms with Crippen molar-refractivity contribution >= 4 is 34.8 Å². The molecule has 226 valence electrons. The van der Waals surface area contributed by atoms with Crippen LogP contribution >= 0.6 is 0 Å². The third-order valence-corrected chi connectivity index (χ3v) is 6.88. The van der Waals surface area contributed by atoms with Gasteiger partial charge in [0.2, 0.25) is 11.9 Å². The fourth-order valence-corrected chi connectivity index (χ4v) is 5.07. The van der Waals surface area contributed by atoms with Gasteiger partial charge in [-0.15, -0.1) is 0 Å². The van der Waals surface area contributed by atoms with Crippen LogP contribution in [0.5, 0.6) is 0 Å². The van der Waals surface area contributed by atoms with Crippen LogP contribution in [-0.4, -0.2) is 60.1 Å². The molecule has 5 rings (SSSR count). The molecule has 3 aromatic heterocycles. The number of carbonyl (C=O) groups excluding carboxylic acids is 2. The Morgan fingerprint density at radius 3 is 2.58 bits per heavy atom. The van der Waals surface area contributed by atoms with E-state index in [-0.39, 0.29) is 41.2 Å². The lowest BCUT2D eigenvalue weighted by atomic mass is 10.1. The Morgan fingerprint density at radius 1 is 1.09 bits per heavy atom. The predicted molar refractivity (Wildman–Crippen MR) is 157 cm³/mol. The summed E-state index contributed by atoms with van der Waals surface area (Å²) in [7, 11) is 0. The molecular formula is C30H34F2N8O3. The Hall–Kier alpha value is -4.68. The van der Waals surface area contributed by atoms with Crippen LogP contribution in [-0.2, 0) is 22.5 Å². The monoisotopic (exact) mass is 592 g/mol. The fourth-order valence-electron chi connectivity index (χ4n) is 5.07. The number of hydrogen-bond acceptors (Lipinski definition) is 8. The molecule has 0 saturated heterocycles. The van der Waals surface area contributed by atoms with Gasteiger partial charge in [-0.1, -0.05) is 6.07 Å². The Bertz CT molecular complexity index is 1710. The van der Waals surface area contributed by atoms with Crippen molar-refractivity contribution in [3.8, 4) is 11.3 Å². The van der Waals surface area contributed by atoms with E-state index in [2.05, 4.69) is 30.6 Å². The van der Waals surface area contributed by atoms with Crippen LogP contribution in [0.25, 0.3) is 22.3 Å². The molecule has 4 aromatic rings. The van der Waals surface area contributed by atoms with Crippen molar-refractivity contribution in [2.75, 3.05) is 18.4 Å². The van der Waals surface area contributed by atoms with E-state index in [1.165, 1.54) is 6.07 Å². The quantitative estimate of drug-likeness (QED) is 0.313. The van der Waals surface area contributed by atoms with E-state index in [1.54, 1.807) is 44.7 Å². The van der Waals surface area contributed by atoms with Gasteiger partial charge in [0.15, 0.2) is 11.6 Å². The summed E-state index contributed by atoms with van der Waals surface area (Å²) in [5.41, 5.74) is 1.99. The molecule has 0 unspecified atom stereocenters. The summed E-state index contributed by atoms with van der Waals surface area (Å²) in [6.07, 6.45) is 0.885. The number of aryl methyl sites for hydroxylation is 1. The van der Waals surface area contributed by atoms with Gasteiger partial charge in [0.1, 0.15) is 35.0 Å². The number of hydrogen-bond donors (Lipinski definition) is 2. The van der Waals surface area contributed by atoms with Crippen LogP contribution in [0.3, 0.4) is 0 Å². The van der Waals surface area contributed by atoms with Crippen LogP contribution in [0.4, 0.5) is 25.3 Å². The Balaban J connectivity index is 1.30. The second-order valence-corrected chi connectivity index (χ2v) is 11.7. The lowest BCUT2D eigenvalue weighted by Crippen LogP contribution is -2.43. The van der Waals surface area contributed by atoms with E-state index in [0.29, 0.717) is 36.7 Å². The topological polar surface area (TPSA) is 127 Å². The number of amides is 2. The van der Waals surface area contributed by atoms with Gasteiger partial charge in [0, 0.05) is 36.8 Å². The van der Waals surface area contributed by atoms with Gasteiger partial charge in [-0.2, -0.15) is 0 Å². The SMILES string of the molecule is Cc1nc2c(F)cc(-c3nc(Nc4ccc5c(n4)CCN(C(=O)CNC(=O)OC(C)(C)C)C5)ncc3F)cc2n1C(C)C. The first-order valence-electron chi connectivity index (χ1n) is 14.0. The van der Waals surface area contributed by atoms with Crippen molar-refractivity contribution in [1.29, 1.82) is 0 Å². The maximum Gasteiger partial charge on any atom is 0.408 e. The number of nitrogens with zero attached hydrogens (tertiary/aromatic N) is 6. The Kier molecular flexibility index (Phi) is 8.00. The molecule has 0 atom stereocenters. The minimum atomic E-state index is -0.694. The summed E-state index contributed by atoms with van der Waals surface area (Å²) in [5.74, 6) is -0.285. The molecule has 2 amide bonds. The lowest BCUT2D eigenvalue weighted by molar-refractivity contribution is -0.131. The minimum Gasteiger partial charge on any atom is -0.444 e. The molecule has 1 aromatic carbocycles. The second-order valence-electron chi connectivity index (χ2n) is 11.7. The van der Waals surface area contributed by atoms with Gasteiger partial charge in [-0.05, 0) is 65.3 Å². The number of benzene rings is 1. The first-order valence-corrected chi connectivity index (χ1v) is 14.0. The highest BCUT2D eigenvalue weighted by atomic mass is 19.1. The largest absolute Gasteiger partial charge is 0.444 e. The number of alkyl carbamates (subject to hydrolysis) is 1. The van der Waals surface area contributed by atoms with Crippen molar-refractivity contribution in [2.24, 2.45) is 0 Å². The van der Waals surface area contributed by atoms with Crippen LogP contribution in [0.2, 0.25) is 0 Å². The first-order chi connectivity index (χ1) is 20.3. The van der Waals surface area contributed by atoms with E-state index in [9.17, 15) is 14.0 Å². The molecular weight excluding hydrogens is 558 g/mol. The number of rotatable bonds is 6. The summed E-state index contributed by atoms with van der Waals surface area (Å²) in [6, 6.07) is 6.49. The maximum absolute atomic E-state index is 15.0. The highest BCUT2D eigenvalue weighted by Gasteiger charge is 2.24. The molecule has 0 fully saturated rings. The molecule has 0 aliphatic carbocycles. The summed E-state index contributed by atoms with van der Waals surface area (Å²) in [6.45, 7) is 11.6. The zero-order valence-corrected chi connectivity index (χ0v) is 25.0. The highest BCUT2D eigenvalue weighted by molar-refractivity contribution is 5.83. The van der Waals surface area contributed by atoms with Crippen molar-refractivity contribution < 1.29 is 23.1 Å². The van der Waals surface area contributed by atoms with Crippen LogP contribution in [0.15, 0.2) is 30.5 Å². The standard InChI is InChI=1S/C30H34F2N8O3/c1-16(2)40-17(3)35-27-20(31)11-19(12-23(27)40)26-21(32)13-33-28(38-26)37-24-8-7-18-15-39(10-9-22(18)36-24)25(41)14-34-29(42)43-30(4,5)6/h7-8,11-13,16H,9-10,14-15H2,1-6H3,(H,34,42)(H,33,36,37,38). The van der Waals surface area contributed by atoms with Crippen molar-refractivity contribution in [3.63, 3.8) is 0 Å². The van der Waals surface area contributed by atoms with Gasteiger partial charge >= 0.3 is 6.09 Å². The first kappa shape index (κ1) is 29.8. The van der Waals surface area contributed by atoms with E-state index >= 15 is 4.39 Å². The average molecular weight is 593 g/mol. The van der Waals surface area contributed by atoms with Gasteiger partial charge in [-0.3, -0.25) is 4.79 Å². The number of fused-ring (bicyclic) bond motifs is 2. The molecule has 4 heterocycles. The second kappa shape index (κ2) is 11.5. The smallest absolute Gasteiger partial charge is 0.408 e. The molecule has 2 N–H and O–H groups in total. The van der Waals surface area contributed by atoms with E-state index in [1.807, 2.05) is 24.5 Å². The number of nitrogens with one attached hydrogen (secondary N) is 2. The molecule has 0 saturated carbocycles. The molecule has 43 heavy (non-hydrogen) atoms. The third-order valence-electron chi connectivity index (χ3n) is 6.88. The minimum absolute atomic E-state index is 0.0290. The van der Waals surface area contributed by atoms with E-state index in [4.69, 9.17) is 4.74 Å². The molecule has 0 radical (unpaired) electrons. The van der Waals surface area contributed by atoms with Crippen molar-refractivity contribution in [3.05, 3.63) is 59.2 Å². The number of halogens is 2. The van der Waals surface area contributed by atoms with E-state index < -0.39 is 23.3 Å². The number of carbonyl (C=O) groups is 2. The highest BCUT2D eigenvalue weighted by Crippen LogP contribution is 2.30. The Labute approximate surface area is 247 Å². The average Bonchev–Trinajstić information content (AvgIpc) is 3.28. The number of aromatic nitrogens is 5. The third kappa shape index (κ3) is 6.55. The van der Waals surface area contributed by atoms with Gasteiger partial charge < -0.3 is 24.8 Å². The number of imidazole rings is 1. The molecule has 0 spiro atoms. The number of pyridine rings is 1. The number of anilines is 2. The van der Waals surface area contributed by atoms with Crippen molar-refractivity contribution in [2.45, 2.75) is 66.2 Å².